The summed E-state index contributed by atoms with van der Waals surface area (Å²) in [6.07, 6.45) is 1.70. The SMILES string of the molecule is CN(C)CC1(F)CCC(C(=O)O)CC1. The van der Waals surface area contributed by atoms with Gasteiger partial charge in [0.15, 0.2) is 0 Å². The molecule has 1 N–H and O–H groups in total. The molecule has 82 valence electrons. The first-order valence-electron chi connectivity index (χ1n) is 4.99. The average molecular weight is 203 g/mol. The molecule has 14 heavy (non-hydrogen) atoms. The van der Waals surface area contributed by atoms with Gasteiger partial charge in [0.05, 0.1) is 5.92 Å². The van der Waals surface area contributed by atoms with Crippen LogP contribution in [0.3, 0.4) is 0 Å². The number of halogens is 1. The topological polar surface area (TPSA) is 40.5 Å². The standard InChI is InChI=1S/C10H18FNO2/c1-12(2)7-10(11)5-3-8(4-6-10)9(13)14/h8H,3-7H2,1-2H3,(H,13,14). The first-order chi connectivity index (χ1) is 6.43. The molecular weight excluding hydrogens is 185 g/mol. The van der Waals surface area contributed by atoms with Gasteiger partial charge in [0.25, 0.3) is 0 Å². The van der Waals surface area contributed by atoms with Crippen molar-refractivity contribution < 1.29 is 14.3 Å². The lowest BCUT2D eigenvalue weighted by Crippen LogP contribution is -2.40. The largest absolute Gasteiger partial charge is 0.481 e. The van der Waals surface area contributed by atoms with Gasteiger partial charge in [0.2, 0.25) is 0 Å². The van der Waals surface area contributed by atoms with Gasteiger partial charge in [-0.25, -0.2) is 4.39 Å². The Hall–Kier alpha value is -0.640. The highest BCUT2D eigenvalue weighted by molar-refractivity contribution is 5.70. The summed E-state index contributed by atoms with van der Waals surface area (Å²) in [5.41, 5.74) is -1.17. The van der Waals surface area contributed by atoms with E-state index in [4.69, 9.17) is 5.11 Å². The number of nitrogens with zero attached hydrogens (tertiary/aromatic N) is 1. The Morgan fingerprint density at radius 2 is 2.00 bits per heavy atom. The molecule has 1 saturated carbocycles. The molecule has 0 aromatic rings. The van der Waals surface area contributed by atoms with Crippen molar-refractivity contribution in [3.63, 3.8) is 0 Å². The molecule has 0 spiro atoms. The predicted molar refractivity (Wildman–Crippen MR) is 52.0 cm³/mol. The summed E-state index contributed by atoms with van der Waals surface area (Å²) in [5, 5.41) is 8.76. The lowest BCUT2D eigenvalue weighted by Gasteiger charge is -2.34. The van der Waals surface area contributed by atoms with Gasteiger partial charge in [-0.3, -0.25) is 4.79 Å². The van der Waals surface area contributed by atoms with E-state index in [2.05, 4.69) is 0 Å². The number of aliphatic carboxylic acids is 1. The third-order valence-electron chi connectivity index (χ3n) is 2.83. The average Bonchev–Trinajstić information content (AvgIpc) is 2.02. The summed E-state index contributed by atoms with van der Waals surface area (Å²) in [6, 6.07) is 0. The van der Waals surface area contributed by atoms with Crippen molar-refractivity contribution in [2.45, 2.75) is 31.4 Å². The van der Waals surface area contributed by atoms with Crippen molar-refractivity contribution in [3.05, 3.63) is 0 Å². The minimum atomic E-state index is -1.17. The molecule has 0 aromatic carbocycles. The summed E-state index contributed by atoms with van der Waals surface area (Å²) in [7, 11) is 3.68. The highest BCUT2D eigenvalue weighted by atomic mass is 19.1. The van der Waals surface area contributed by atoms with E-state index in [0.29, 0.717) is 32.2 Å². The lowest BCUT2D eigenvalue weighted by atomic mass is 9.80. The van der Waals surface area contributed by atoms with Crippen molar-refractivity contribution in [3.8, 4) is 0 Å². The highest BCUT2D eigenvalue weighted by Crippen LogP contribution is 2.35. The Morgan fingerprint density at radius 3 is 2.36 bits per heavy atom. The molecular formula is C10H18FNO2. The van der Waals surface area contributed by atoms with Gasteiger partial charge in [0.1, 0.15) is 5.67 Å². The number of hydrogen-bond donors (Lipinski definition) is 1. The van der Waals surface area contributed by atoms with E-state index in [-0.39, 0.29) is 5.92 Å². The minimum Gasteiger partial charge on any atom is -0.481 e. The van der Waals surface area contributed by atoms with Crippen LogP contribution in [0.1, 0.15) is 25.7 Å². The summed E-state index contributed by atoms with van der Waals surface area (Å²) in [6.45, 7) is 0.402. The smallest absolute Gasteiger partial charge is 0.306 e. The van der Waals surface area contributed by atoms with Crippen molar-refractivity contribution in [1.82, 2.24) is 4.90 Å². The molecule has 0 amide bonds. The second-order valence-corrected chi connectivity index (χ2v) is 4.50. The fourth-order valence-corrected chi connectivity index (χ4v) is 2.11. The van der Waals surface area contributed by atoms with E-state index in [9.17, 15) is 9.18 Å². The fourth-order valence-electron chi connectivity index (χ4n) is 2.11. The molecule has 0 bridgehead atoms. The van der Waals surface area contributed by atoms with Gasteiger partial charge in [-0.15, -0.1) is 0 Å². The van der Waals surface area contributed by atoms with Crippen LogP contribution in [0.5, 0.6) is 0 Å². The number of rotatable bonds is 3. The zero-order valence-electron chi connectivity index (χ0n) is 8.79. The van der Waals surface area contributed by atoms with Gasteiger partial charge in [0, 0.05) is 6.54 Å². The monoisotopic (exact) mass is 203 g/mol. The zero-order valence-corrected chi connectivity index (χ0v) is 8.79. The van der Waals surface area contributed by atoms with Gasteiger partial charge < -0.3 is 10.0 Å². The van der Waals surface area contributed by atoms with E-state index in [0.717, 1.165) is 0 Å². The summed E-state index contributed by atoms with van der Waals surface area (Å²) in [5.74, 6) is -1.11. The van der Waals surface area contributed by atoms with Crippen molar-refractivity contribution in [2.24, 2.45) is 5.92 Å². The Labute approximate surface area is 83.9 Å². The first-order valence-corrected chi connectivity index (χ1v) is 4.99. The second-order valence-electron chi connectivity index (χ2n) is 4.50. The van der Waals surface area contributed by atoms with Crippen LogP contribution < -0.4 is 0 Å². The normalized spacial score (nSPS) is 33.3. The number of alkyl halides is 1. The molecule has 1 aliphatic rings. The van der Waals surface area contributed by atoms with Crippen LogP contribution in [0, 0.1) is 5.92 Å². The molecule has 0 radical (unpaired) electrons. The number of carbonyl (C=O) groups is 1. The molecule has 0 aliphatic heterocycles. The van der Waals surface area contributed by atoms with E-state index in [1.807, 2.05) is 19.0 Å². The highest BCUT2D eigenvalue weighted by Gasteiger charge is 2.37. The van der Waals surface area contributed by atoms with E-state index in [1.54, 1.807) is 0 Å². The maximum absolute atomic E-state index is 14.0. The van der Waals surface area contributed by atoms with Crippen molar-refractivity contribution in [1.29, 1.82) is 0 Å². The second kappa shape index (κ2) is 4.26. The Balaban J connectivity index is 2.44. The molecule has 0 heterocycles. The van der Waals surface area contributed by atoms with Crippen LogP contribution in [-0.2, 0) is 4.79 Å². The summed E-state index contributed by atoms with van der Waals surface area (Å²) < 4.78 is 14.0. The predicted octanol–water partition coefficient (Wildman–Crippen LogP) is 1.53. The fraction of sp³-hybridized carbons (Fsp3) is 0.900. The van der Waals surface area contributed by atoms with Gasteiger partial charge in [-0.1, -0.05) is 0 Å². The number of hydrogen-bond acceptors (Lipinski definition) is 2. The Morgan fingerprint density at radius 1 is 1.50 bits per heavy atom. The lowest BCUT2D eigenvalue weighted by molar-refractivity contribution is -0.143. The first kappa shape index (κ1) is 11.4. The minimum absolute atomic E-state index is 0.332. The number of carboxylic acid groups (broad SMARTS) is 1. The molecule has 0 saturated heterocycles. The molecule has 1 rings (SSSR count). The van der Waals surface area contributed by atoms with E-state index >= 15 is 0 Å². The van der Waals surface area contributed by atoms with E-state index < -0.39 is 11.6 Å². The molecule has 4 heteroatoms. The van der Waals surface area contributed by atoms with Crippen LogP contribution in [0.2, 0.25) is 0 Å². The van der Waals surface area contributed by atoms with Gasteiger partial charge in [-0.05, 0) is 39.8 Å². The van der Waals surface area contributed by atoms with Crippen molar-refractivity contribution in [2.75, 3.05) is 20.6 Å². The summed E-state index contributed by atoms with van der Waals surface area (Å²) in [4.78, 5) is 12.5. The molecule has 0 aromatic heterocycles. The molecule has 1 fully saturated rings. The molecule has 3 nitrogen and oxygen atoms in total. The van der Waals surface area contributed by atoms with Crippen LogP contribution >= 0.6 is 0 Å². The van der Waals surface area contributed by atoms with Crippen molar-refractivity contribution >= 4 is 5.97 Å². The van der Waals surface area contributed by atoms with Crippen LogP contribution in [-0.4, -0.2) is 42.3 Å². The van der Waals surface area contributed by atoms with Crippen LogP contribution in [0.4, 0.5) is 4.39 Å². The maximum atomic E-state index is 14.0. The van der Waals surface area contributed by atoms with Crippen LogP contribution in [0.25, 0.3) is 0 Å². The molecule has 0 atom stereocenters. The molecule has 0 unspecified atom stereocenters. The quantitative estimate of drug-likeness (QED) is 0.756. The third-order valence-corrected chi connectivity index (χ3v) is 2.83. The molecule has 1 aliphatic carbocycles. The third kappa shape index (κ3) is 2.94. The van der Waals surface area contributed by atoms with Gasteiger partial charge >= 0.3 is 5.97 Å². The van der Waals surface area contributed by atoms with E-state index in [1.165, 1.54) is 0 Å². The van der Waals surface area contributed by atoms with Gasteiger partial charge in [-0.2, -0.15) is 0 Å². The maximum Gasteiger partial charge on any atom is 0.306 e. The van der Waals surface area contributed by atoms with Crippen LogP contribution in [0.15, 0.2) is 0 Å². The Bertz CT molecular complexity index is 210. The number of carboxylic acids is 1. The summed E-state index contributed by atoms with van der Waals surface area (Å²) >= 11 is 0. The Kier molecular flexibility index (Phi) is 3.48. The zero-order chi connectivity index (χ0) is 10.8.